The highest BCUT2D eigenvalue weighted by atomic mass is 79.9. The number of aromatic nitrogens is 3. The molecule has 0 bridgehead atoms. The molecule has 0 radical (unpaired) electrons. The highest BCUT2D eigenvalue weighted by Crippen LogP contribution is 2.29. The number of hydrogen-bond acceptors (Lipinski definition) is 5. The standard InChI is InChI=1S/C23H19BrCl2N4O2S/c1-31-21-5-3-2-4-18(21)22-28-29-23(33)30(22)27-12-15-10-16(24)7-9-20(15)32-13-14-6-8-17(25)11-19(14)26/h2-11,27H,12-13H2,1H3,(H,29,33). The van der Waals surface area contributed by atoms with Crippen molar-refractivity contribution in [2.24, 2.45) is 0 Å². The minimum Gasteiger partial charge on any atom is -0.496 e. The van der Waals surface area contributed by atoms with Crippen LogP contribution in [0.1, 0.15) is 11.1 Å². The van der Waals surface area contributed by atoms with Crippen LogP contribution in [0, 0.1) is 4.77 Å². The number of aromatic amines is 1. The number of nitrogens with zero attached hydrogens (tertiary/aromatic N) is 2. The van der Waals surface area contributed by atoms with Gasteiger partial charge in [-0.1, -0.05) is 57.3 Å². The summed E-state index contributed by atoms with van der Waals surface area (Å²) in [6.45, 7) is 0.737. The van der Waals surface area contributed by atoms with Crippen LogP contribution in [0.5, 0.6) is 11.5 Å². The zero-order chi connectivity index (χ0) is 23.4. The summed E-state index contributed by atoms with van der Waals surface area (Å²) in [4.78, 5) is 0. The van der Waals surface area contributed by atoms with E-state index in [-0.39, 0.29) is 0 Å². The SMILES string of the molecule is COc1ccccc1-c1n[nH]c(=S)n1NCc1cc(Br)ccc1OCc1ccc(Cl)cc1Cl. The average Bonchev–Trinajstić information content (AvgIpc) is 3.18. The van der Waals surface area contributed by atoms with E-state index in [1.165, 1.54) is 0 Å². The quantitative estimate of drug-likeness (QED) is 0.225. The fourth-order valence-corrected chi connectivity index (χ4v) is 4.31. The first-order valence-corrected chi connectivity index (χ1v) is 11.8. The lowest BCUT2D eigenvalue weighted by atomic mass is 10.2. The van der Waals surface area contributed by atoms with Gasteiger partial charge in [-0.15, -0.1) is 0 Å². The van der Waals surface area contributed by atoms with Crippen LogP contribution in [0.2, 0.25) is 10.0 Å². The van der Waals surface area contributed by atoms with Gasteiger partial charge in [0.2, 0.25) is 4.77 Å². The van der Waals surface area contributed by atoms with Gasteiger partial charge in [-0.05, 0) is 54.7 Å². The van der Waals surface area contributed by atoms with Gasteiger partial charge in [0, 0.05) is 25.6 Å². The molecule has 0 aliphatic carbocycles. The lowest BCUT2D eigenvalue weighted by Gasteiger charge is -2.16. The van der Waals surface area contributed by atoms with Crippen LogP contribution in [0.25, 0.3) is 11.4 Å². The largest absolute Gasteiger partial charge is 0.496 e. The van der Waals surface area contributed by atoms with Crippen LogP contribution >= 0.6 is 51.3 Å². The molecule has 170 valence electrons. The summed E-state index contributed by atoms with van der Waals surface area (Å²) in [6.07, 6.45) is 0. The van der Waals surface area contributed by atoms with E-state index in [0.717, 1.165) is 21.2 Å². The molecule has 0 unspecified atom stereocenters. The maximum absolute atomic E-state index is 6.29. The molecule has 33 heavy (non-hydrogen) atoms. The molecule has 1 heterocycles. The smallest absolute Gasteiger partial charge is 0.214 e. The third-order valence-corrected chi connectivity index (χ3v) is 6.22. The first-order chi connectivity index (χ1) is 16.0. The molecule has 0 spiro atoms. The first-order valence-electron chi connectivity index (χ1n) is 9.86. The highest BCUT2D eigenvalue weighted by Gasteiger charge is 2.14. The summed E-state index contributed by atoms with van der Waals surface area (Å²) in [5, 5.41) is 8.36. The third-order valence-electron chi connectivity index (χ3n) is 4.87. The number of nitrogens with one attached hydrogen (secondary N) is 2. The molecule has 0 amide bonds. The van der Waals surface area contributed by atoms with E-state index < -0.39 is 0 Å². The first kappa shape index (κ1) is 23.6. The Morgan fingerprint density at radius 1 is 1.06 bits per heavy atom. The predicted octanol–water partition coefficient (Wildman–Crippen LogP) is 7.01. The molecular formula is C23H19BrCl2N4O2S. The van der Waals surface area contributed by atoms with Gasteiger partial charge in [-0.3, -0.25) is 0 Å². The van der Waals surface area contributed by atoms with Crippen molar-refractivity contribution >= 4 is 51.3 Å². The van der Waals surface area contributed by atoms with Crippen LogP contribution in [0.3, 0.4) is 0 Å². The number of rotatable bonds is 8. The van der Waals surface area contributed by atoms with Crippen molar-refractivity contribution in [3.8, 4) is 22.9 Å². The third kappa shape index (κ3) is 5.52. The Kier molecular flexibility index (Phi) is 7.60. The lowest BCUT2D eigenvalue weighted by Crippen LogP contribution is -2.17. The fraction of sp³-hybridized carbons (Fsp3) is 0.130. The summed E-state index contributed by atoms with van der Waals surface area (Å²) >= 11 is 21.3. The summed E-state index contributed by atoms with van der Waals surface area (Å²) in [5.74, 6) is 2.02. The predicted molar refractivity (Wildman–Crippen MR) is 137 cm³/mol. The molecule has 10 heteroatoms. The fourth-order valence-electron chi connectivity index (χ4n) is 3.24. The van der Waals surface area contributed by atoms with E-state index in [1.807, 2.05) is 48.5 Å². The minimum absolute atomic E-state index is 0.308. The monoisotopic (exact) mass is 564 g/mol. The highest BCUT2D eigenvalue weighted by molar-refractivity contribution is 9.10. The van der Waals surface area contributed by atoms with Crippen molar-refractivity contribution < 1.29 is 9.47 Å². The molecule has 0 fully saturated rings. The number of ether oxygens (including phenoxy) is 2. The number of halogens is 3. The van der Waals surface area contributed by atoms with Crippen molar-refractivity contribution in [1.29, 1.82) is 0 Å². The van der Waals surface area contributed by atoms with E-state index in [9.17, 15) is 0 Å². The molecule has 3 aromatic carbocycles. The molecule has 4 rings (SSSR count). The Labute approximate surface area is 214 Å². The normalized spacial score (nSPS) is 10.8. The van der Waals surface area contributed by atoms with E-state index in [2.05, 4.69) is 31.6 Å². The van der Waals surface area contributed by atoms with Gasteiger partial charge in [0.05, 0.1) is 19.2 Å². The van der Waals surface area contributed by atoms with Gasteiger partial charge in [0.15, 0.2) is 5.82 Å². The van der Waals surface area contributed by atoms with E-state index in [0.29, 0.717) is 45.3 Å². The second-order valence-electron chi connectivity index (χ2n) is 7.00. The van der Waals surface area contributed by atoms with Gasteiger partial charge >= 0.3 is 0 Å². The Bertz CT molecular complexity index is 1340. The van der Waals surface area contributed by atoms with Crippen LogP contribution in [0.4, 0.5) is 0 Å². The van der Waals surface area contributed by atoms with Crippen molar-refractivity contribution in [3.63, 3.8) is 0 Å². The average molecular weight is 566 g/mol. The van der Waals surface area contributed by atoms with E-state index in [1.54, 1.807) is 23.9 Å². The van der Waals surface area contributed by atoms with Gasteiger partial charge < -0.3 is 14.9 Å². The molecule has 6 nitrogen and oxygen atoms in total. The van der Waals surface area contributed by atoms with Gasteiger partial charge in [0.25, 0.3) is 0 Å². The van der Waals surface area contributed by atoms with Crippen molar-refractivity contribution in [1.82, 2.24) is 14.9 Å². The van der Waals surface area contributed by atoms with Crippen molar-refractivity contribution in [2.45, 2.75) is 13.2 Å². The van der Waals surface area contributed by atoms with Gasteiger partial charge in [-0.25, -0.2) is 9.77 Å². The zero-order valence-corrected chi connectivity index (χ0v) is 21.4. The van der Waals surface area contributed by atoms with Crippen LogP contribution < -0.4 is 14.9 Å². The minimum atomic E-state index is 0.308. The van der Waals surface area contributed by atoms with Crippen molar-refractivity contribution in [3.05, 3.63) is 91.1 Å². The second-order valence-corrected chi connectivity index (χ2v) is 9.15. The number of hydrogen-bond donors (Lipinski definition) is 2. The molecule has 0 atom stereocenters. The Hall–Kier alpha value is -2.52. The lowest BCUT2D eigenvalue weighted by molar-refractivity contribution is 0.303. The van der Waals surface area contributed by atoms with E-state index in [4.69, 9.17) is 44.9 Å². The molecular weight excluding hydrogens is 547 g/mol. The van der Waals surface area contributed by atoms with E-state index >= 15 is 0 Å². The Balaban J connectivity index is 1.57. The number of para-hydroxylation sites is 1. The van der Waals surface area contributed by atoms with Gasteiger partial charge in [0.1, 0.15) is 18.1 Å². The molecule has 0 aliphatic rings. The topological polar surface area (TPSA) is 64.1 Å². The summed E-state index contributed by atoms with van der Waals surface area (Å²) in [6, 6.07) is 18.8. The molecule has 1 aromatic heterocycles. The summed E-state index contributed by atoms with van der Waals surface area (Å²) < 4.78 is 14.6. The van der Waals surface area contributed by atoms with Crippen LogP contribution in [-0.4, -0.2) is 22.0 Å². The maximum atomic E-state index is 6.29. The number of methoxy groups -OCH3 is 1. The van der Waals surface area contributed by atoms with Crippen LogP contribution in [0.15, 0.2) is 65.1 Å². The number of H-pyrrole nitrogens is 1. The molecule has 0 saturated carbocycles. The Morgan fingerprint density at radius 2 is 1.88 bits per heavy atom. The molecule has 0 aliphatic heterocycles. The summed E-state index contributed by atoms with van der Waals surface area (Å²) in [7, 11) is 1.62. The number of benzene rings is 3. The molecule has 2 N–H and O–H groups in total. The Morgan fingerprint density at radius 3 is 2.67 bits per heavy atom. The molecule has 4 aromatic rings. The van der Waals surface area contributed by atoms with Crippen LogP contribution in [-0.2, 0) is 13.2 Å². The molecule has 0 saturated heterocycles. The van der Waals surface area contributed by atoms with Crippen molar-refractivity contribution in [2.75, 3.05) is 12.5 Å². The van der Waals surface area contributed by atoms with Gasteiger partial charge in [-0.2, -0.15) is 5.10 Å². The second kappa shape index (κ2) is 10.6. The summed E-state index contributed by atoms with van der Waals surface area (Å²) in [5.41, 5.74) is 5.91. The zero-order valence-electron chi connectivity index (χ0n) is 17.4. The maximum Gasteiger partial charge on any atom is 0.214 e.